The van der Waals surface area contributed by atoms with Crippen LogP contribution in [0.5, 0.6) is 11.5 Å². The van der Waals surface area contributed by atoms with Crippen molar-refractivity contribution >= 4 is 5.96 Å². The predicted octanol–water partition coefficient (Wildman–Crippen LogP) is 2.23. The standard InChI is InChI=1S/C19H31N3O3/c1-20-19(21-10-4-12-25-14-16-5-6-16)22-11-9-15-7-8-17(23-2)18(13-15)24-3/h7-8,13,16H,4-6,9-12,14H2,1-3H3,(H2,20,21,22). The average Bonchev–Trinajstić information content (AvgIpc) is 3.47. The molecule has 0 unspecified atom stereocenters. The van der Waals surface area contributed by atoms with Crippen LogP contribution in [0.25, 0.3) is 0 Å². The Balaban J connectivity index is 1.61. The Bertz CT molecular complexity index is 545. The minimum Gasteiger partial charge on any atom is -0.493 e. The van der Waals surface area contributed by atoms with Crippen LogP contribution < -0.4 is 20.1 Å². The monoisotopic (exact) mass is 349 g/mol. The molecule has 1 saturated carbocycles. The number of ether oxygens (including phenoxy) is 3. The summed E-state index contributed by atoms with van der Waals surface area (Å²) in [6.07, 6.45) is 4.55. The largest absolute Gasteiger partial charge is 0.493 e. The fourth-order valence-corrected chi connectivity index (χ4v) is 2.50. The number of methoxy groups -OCH3 is 2. The number of guanidine groups is 1. The van der Waals surface area contributed by atoms with E-state index in [2.05, 4.69) is 21.7 Å². The summed E-state index contributed by atoms with van der Waals surface area (Å²) >= 11 is 0. The lowest BCUT2D eigenvalue weighted by Gasteiger charge is -2.13. The van der Waals surface area contributed by atoms with Crippen molar-refractivity contribution in [2.24, 2.45) is 10.9 Å². The topological polar surface area (TPSA) is 64.1 Å². The van der Waals surface area contributed by atoms with Crippen molar-refractivity contribution < 1.29 is 14.2 Å². The molecule has 1 fully saturated rings. The first-order valence-electron chi connectivity index (χ1n) is 9.00. The SMILES string of the molecule is CN=C(NCCCOCC1CC1)NCCc1ccc(OC)c(OC)c1. The maximum atomic E-state index is 5.63. The van der Waals surface area contributed by atoms with Gasteiger partial charge in [-0.1, -0.05) is 6.07 Å². The van der Waals surface area contributed by atoms with Crippen molar-refractivity contribution in [1.82, 2.24) is 10.6 Å². The second kappa shape index (κ2) is 10.8. The van der Waals surface area contributed by atoms with Crippen LogP contribution in [0.15, 0.2) is 23.2 Å². The fourth-order valence-electron chi connectivity index (χ4n) is 2.50. The molecule has 0 radical (unpaired) electrons. The molecule has 140 valence electrons. The van der Waals surface area contributed by atoms with Gasteiger partial charge < -0.3 is 24.8 Å². The first-order valence-corrected chi connectivity index (χ1v) is 9.00. The van der Waals surface area contributed by atoms with E-state index in [1.165, 1.54) is 18.4 Å². The molecule has 6 nitrogen and oxygen atoms in total. The number of nitrogens with one attached hydrogen (secondary N) is 2. The van der Waals surface area contributed by atoms with Crippen molar-refractivity contribution in [3.05, 3.63) is 23.8 Å². The highest BCUT2D eigenvalue weighted by Crippen LogP contribution is 2.28. The number of hydrogen-bond acceptors (Lipinski definition) is 4. The van der Waals surface area contributed by atoms with E-state index in [0.717, 1.165) is 62.5 Å². The van der Waals surface area contributed by atoms with Crippen molar-refractivity contribution in [3.8, 4) is 11.5 Å². The van der Waals surface area contributed by atoms with Crippen LogP contribution in [0.4, 0.5) is 0 Å². The van der Waals surface area contributed by atoms with Crippen LogP contribution in [0.1, 0.15) is 24.8 Å². The van der Waals surface area contributed by atoms with Crippen molar-refractivity contribution in [3.63, 3.8) is 0 Å². The molecule has 1 aliphatic rings. The summed E-state index contributed by atoms with van der Waals surface area (Å²) in [5, 5.41) is 6.64. The fraction of sp³-hybridized carbons (Fsp3) is 0.632. The minimum atomic E-state index is 0.751. The number of benzene rings is 1. The summed E-state index contributed by atoms with van der Waals surface area (Å²) in [4.78, 5) is 4.25. The maximum absolute atomic E-state index is 5.63. The zero-order valence-corrected chi connectivity index (χ0v) is 15.6. The quantitative estimate of drug-likeness (QED) is 0.364. The van der Waals surface area contributed by atoms with E-state index in [4.69, 9.17) is 14.2 Å². The van der Waals surface area contributed by atoms with E-state index < -0.39 is 0 Å². The van der Waals surface area contributed by atoms with Gasteiger partial charge in [0.15, 0.2) is 17.5 Å². The number of aliphatic imine (C=N–C) groups is 1. The summed E-state index contributed by atoms with van der Waals surface area (Å²) in [6, 6.07) is 5.99. The third kappa shape index (κ3) is 7.22. The lowest BCUT2D eigenvalue weighted by atomic mass is 10.1. The molecule has 0 spiro atoms. The van der Waals surface area contributed by atoms with Gasteiger partial charge in [-0.15, -0.1) is 0 Å². The van der Waals surface area contributed by atoms with Crippen LogP contribution in [-0.4, -0.2) is 53.5 Å². The normalized spacial score (nSPS) is 14.3. The van der Waals surface area contributed by atoms with Gasteiger partial charge in [0.25, 0.3) is 0 Å². The molecule has 0 saturated heterocycles. The number of rotatable bonds is 11. The van der Waals surface area contributed by atoms with Gasteiger partial charge in [0, 0.05) is 33.4 Å². The highest BCUT2D eigenvalue weighted by molar-refractivity contribution is 5.79. The zero-order valence-electron chi connectivity index (χ0n) is 15.6. The summed E-state index contributed by atoms with van der Waals surface area (Å²) in [5.41, 5.74) is 1.19. The van der Waals surface area contributed by atoms with Crippen LogP contribution in [0, 0.1) is 5.92 Å². The van der Waals surface area contributed by atoms with Gasteiger partial charge in [0.2, 0.25) is 0 Å². The molecule has 1 aliphatic carbocycles. The smallest absolute Gasteiger partial charge is 0.190 e. The molecule has 1 aromatic rings. The molecule has 0 atom stereocenters. The Morgan fingerprint density at radius 2 is 1.88 bits per heavy atom. The van der Waals surface area contributed by atoms with E-state index >= 15 is 0 Å². The second-order valence-electron chi connectivity index (χ2n) is 6.24. The van der Waals surface area contributed by atoms with E-state index in [1.54, 1.807) is 21.3 Å². The molecular weight excluding hydrogens is 318 g/mol. The molecule has 25 heavy (non-hydrogen) atoms. The molecule has 0 aromatic heterocycles. The van der Waals surface area contributed by atoms with Gasteiger partial charge >= 0.3 is 0 Å². The molecule has 2 rings (SSSR count). The maximum Gasteiger partial charge on any atom is 0.190 e. The Morgan fingerprint density at radius 3 is 2.56 bits per heavy atom. The Morgan fingerprint density at radius 1 is 1.12 bits per heavy atom. The zero-order chi connectivity index (χ0) is 17.9. The van der Waals surface area contributed by atoms with Crippen LogP contribution >= 0.6 is 0 Å². The molecule has 2 N–H and O–H groups in total. The van der Waals surface area contributed by atoms with E-state index in [-0.39, 0.29) is 0 Å². The third-order valence-electron chi connectivity index (χ3n) is 4.19. The average molecular weight is 349 g/mol. The first-order chi connectivity index (χ1) is 12.3. The van der Waals surface area contributed by atoms with Gasteiger partial charge in [-0.2, -0.15) is 0 Å². The highest BCUT2D eigenvalue weighted by atomic mass is 16.5. The predicted molar refractivity (Wildman–Crippen MR) is 101 cm³/mol. The highest BCUT2D eigenvalue weighted by Gasteiger charge is 2.20. The van der Waals surface area contributed by atoms with E-state index in [0.29, 0.717) is 0 Å². The van der Waals surface area contributed by atoms with Crippen molar-refractivity contribution in [2.45, 2.75) is 25.7 Å². The lowest BCUT2D eigenvalue weighted by Crippen LogP contribution is -2.39. The van der Waals surface area contributed by atoms with Crippen molar-refractivity contribution in [2.75, 3.05) is 47.6 Å². The van der Waals surface area contributed by atoms with Crippen LogP contribution in [0.2, 0.25) is 0 Å². The summed E-state index contributed by atoms with van der Waals surface area (Å²) in [5.74, 6) is 3.16. The number of hydrogen-bond donors (Lipinski definition) is 2. The summed E-state index contributed by atoms with van der Waals surface area (Å²) in [6.45, 7) is 3.40. The lowest BCUT2D eigenvalue weighted by molar-refractivity contribution is 0.123. The first kappa shape index (κ1) is 19.4. The summed E-state index contributed by atoms with van der Waals surface area (Å²) < 4.78 is 16.2. The van der Waals surface area contributed by atoms with Gasteiger partial charge in [-0.3, -0.25) is 4.99 Å². The molecule has 0 heterocycles. The third-order valence-corrected chi connectivity index (χ3v) is 4.19. The molecular formula is C19H31N3O3. The van der Waals surface area contributed by atoms with Gasteiger partial charge in [0.1, 0.15) is 0 Å². The molecule has 1 aromatic carbocycles. The van der Waals surface area contributed by atoms with Gasteiger partial charge in [-0.25, -0.2) is 0 Å². The van der Waals surface area contributed by atoms with Crippen molar-refractivity contribution in [1.29, 1.82) is 0 Å². The van der Waals surface area contributed by atoms with E-state index in [9.17, 15) is 0 Å². The van der Waals surface area contributed by atoms with Gasteiger partial charge in [0.05, 0.1) is 14.2 Å². The minimum absolute atomic E-state index is 0.751. The Kier molecular flexibility index (Phi) is 8.39. The second-order valence-corrected chi connectivity index (χ2v) is 6.24. The Hall–Kier alpha value is -1.95. The molecule has 6 heteroatoms. The molecule has 0 bridgehead atoms. The van der Waals surface area contributed by atoms with Crippen LogP contribution in [-0.2, 0) is 11.2 Å². The van der Waals surface area contributed by atoms with Gasteiger partial charge in [-0.05, 0) is 49.3 Å². The van der Waals surface area contributed by atoms with E-state index in [1.807, 2.05) is 12.1 Å². The molecule has 0 aliphatic heterocycles. The number of nitrogens with zero attached hydrogens (tertiary/aromatic N) is 1. The summed E-state index contributed by atoms with van der Waals surface area (Å²) in [7, 11) is 5.08. The van der Waals surface area contributed by atoms with Crippen LogP contribution in [0.3, 0.4) is 0 Å². The Labute approximate surface area is 151 Å². The molecule has 0 amide bonds.